The first-order valence-corrected chi connectivity index (χ1v) is 12.9. The Bertz CT molecular complexity index is 681. The molecule has 4 nitrogen and oxygen atoms in total. The number of β-amino-alcohol motifs (C(OH)–C–C–N with tert-alkyl or cyclic N) is 1. The Kier molecular flexibility index (Phi) is 6.92. The maximum absolute atomic E-state index is 10.5. The Labute approximate surface area is 192 Å². The Morgan fingerprint density at radius 3 is 2.13 bits per heavy atom. The average Bonchev–Trinajstić information content (AvgIpc) is 2.73. The van der Waals surface area contributed by atoms with Gasteiger partial charge >= 0.3 is 0 Å². The second-order valence-electron chi connectivity index (χ2n) is 11.1. The zero-order chi connectivity index (χ0) is 21.3. The van der Waals surface area contributed by atoms with Crippen molar-refractivity contribution < 1.29 is 9.84 Å². The van der Waals surface area contributed by atoms with Crippen molar-refractivity contribution in [2.24, 2.45) is 23.2 Å². The zero-order valence-corrected chi connectivity index (χ0v) is 19.6. The highest BCUT2D eigenvalue weighted by Crippen LogP contribution is 2.61. The molecule has 1 saturated heterocycles. The minimum Gasteiger partial charge on any atom is -0.389 e. The summed E-state index contributed by atoms with van der Waals surface area (Å²) in [6.07, 6.45) is 9.71. The van der Waals surface area contributed by atoms with Gasteiger partial charge in [-0.1, -0.05) is 23.7 Å². The highest BCUT2D eigenvalue weighted by atomic mass is 35.5. The Balaban J connectivity index is 0.971. The molecule has 1 aromatic rings. The molecule has 1 heterocycles. The van der Waals surface area contributed by atoms with Gasteiger partial charge in [0.05, 0.1) is 12.7 Å². The molecule has 0 aromatic heterocycles. The molecule has 4 bridgehead atoms. The highest BCUT2D eigenvalue weighted by molar-refractivity contribution is 6.30. The van der Waals surface area contributed by atoms with Crippen molar-refractivity contribution in [3.05, 3.63) is 34.9 Å². The summed E-state index contributed by atoms with van der Waals surface area (Å²) >= 11 is 5.98. The largest absolute Gasteiger partial charge is 0.389 e. The van der Waals surface area contributed by atoms with Gasteiger partial charge in [-0.15, -0.1) is 0 Å². The van der Waals surface area contributed by atoms with Gasteiger partial charge in [-0.2, -0.15) is 0 Å². The monoisotopic (exact) mass is 446 g/mol. The van der Waals surface area contributed by atoms with E-state index in [1.165, 1.54) is 50.5 Å². The van der Waals surface area contributed by atoms with E-state index in [0.717, 1.165) is 68.7 Å². The van der Waals surface area contributed by atoms with Crippen molar-refractivity contribution in [3.8, 4) is 0 Å². The molecule has 0 amide bonds. The molecule has 172 valence electrons. The van der Waals surface area contributed by atoms with Gasteiger partial charge in [0.25, 0.3) is 0 Å². The van der Waals surface area contributed by atoms with Gasteiger partial charge in [-0.05, 0) is 85.8 Å². The van der Waals surface area contributed by atoms with Crippen molar-refractivity contribution >= 4 is 11.6 Å². The molecule has 5 heteroatoms. The predicted octanol–water partition coefficient (Wildman–Crippen LogP) is 4.44. The summed E-state index contributed by atoms with van der Waals surface area (Å²) in [5.41, 5.74) is 1.89. The molecule has 0 spiro atoms. The maximum Gasteiger partial charge on any atom is 0.0900 e. The number of halogens is 1. The lowest BCUT2D eigenvalue weighted by molar-refractivity contribution is -0.0744. The van der Waals surface area contributed by atoms with Gasteiger partial charge in [0.1, 0.15) is 0 Å². The van der Waals surface area contributed by atoms with E-state index in [0.29, 0.717) is 12.0 Å². The van der Waals surface area contributed by atoms with E-state index in [4.69, 9.17) is 16.3 Å². The number of aliphatic hydroxyl groups excluding tert-OH is 1. The number of nitrogens with zero attached hydrogens (tertiary/aromatic N) is 2. The molecule has 0 radical (unpaired) electrons. The molecule has 1 N–H and O–H groups in total. The van der Waals surface area contributed by atoms with Crippen LogP contribution in [0.4, 0.5) is 0 Å². The first kappa shape index (κ1) is 22.2. The third-order valence-corrected chi connectivity index (χ3v) is 8.76. The van der Waals surface area contributed by atoms with Crippen molar-refractivity contribution in [1.82, 2.24) is 9.80 Å². The van der Waals surface area contributed by atoms with Crippen LogP contribution < -0.4 is 0 Å². The van der Waals surface area contributed by atoms with Gasteiger partial charge in [0.2, 0.25) is 0 Å². The second kappa shape index (κ2) is 9.69. The summed E-state index contributed by atoms with van der Waals surface area (Å²) in [4.78, 5) is 4.86. The summed E-state index contributed by atoms with van der Waals surface area (Å²) < 4.78 is 5.99. The van der Waals surface area contributed by atoms with Crippen LogP contribution in [-0.2, 0) is 11.3 Å². The lowest BCUT2D eigenvalue weighted by Gasteiger charge is -2.57. The smallest absolute Gasteiger partial charge is 0.0900 e. The fourth-order valence-corrected chi connectivity index (χ4v) is 7.56. The molecule has 1 aliphatic heterocycles. The fraction of sp³-hybridized carbons (Fsp3) is 0.769. The van der Waals surface area contributed by atoms with E-state index < -0.39 is 0 Å². The Morgan fingerprint density at radius 1 is 0.935 bits per heavy atom. The van der Waals surface area contributed by atoms with E-state index in [1.807, 2.05) is 12.1 Å². The summed E-state index contributed by atoms with van der Waals surface area (Å²) in [5.74, 6) is 3.03. The number of piperazine rings is 1. The summed E-state index contributed by atoms with van der Waals surface area (Å²) in [6, 6.07) is 8.15. The van der Waals surface area contributed by atoms with Crippen LogP contribution in [0.15, 0.2) is 24.3 Å². The quantitative estimate of drug-likeness (QED) is 0.569. The average molecular weight is 447 g/mol. The summed E-state index contributed by atoms with van der Waals surface area (Å²) in [5, 5.41) is 11.3. The van der Waals surface area contributed by atoms with Gasteiger partial charge in [-0.25, -0.2) is 0 Å². The van der Waals surface area contributed by atoms with E-state index in [1.54, 1.807) is 0 Å². The number of hydrogen-bond donors (Lipinski definition) is 1. The van der Waals surface area contributed by atoms with E-state index in [9.17, 15) is 5.11 Å². The lowest BCUT2D eigenvalue weighted by atomic mass is 9.49. The van der Waals surface area contributed by atoms with Crippen molar-refractivity contribution in [2.45, 2.75) is 57.6 Å². The molecule has 5 fully saturated rings. The van der Waals surface area contributed by atoms with E-state index >= 15 is 0 Å². The second-order valence-corrected chi connectivity index (χ2v) is 11.5. The van der Waals surface area contributed by atoms with Crippen LogP contribution in [0.3, 0.4) is 0 Å². The van der Waals surface area contributed by atoms with Crippen LogP contribution in [0.25, 0.3) is 0 Å². The molecule has 6 rings (SSSR count). The standard InChI is InChI=1S/C26H39ClN2O2/c27-24-3-1-20(2-4-24)17-28-6-8-29(9-7-28)18-25(30)19-31-10-5-26-14-21-11-22(15-26)13-23(12-21)16-26/h1-4,21-23,25,30H,5-19H2/t21?,22?,23?,25-,26?/m1/s1. The number of aliphatic hydroxyl groups is 1. The maximum atomic E-state index is 10.5. The van der Waals surface area contributed by atoms with Crippen LogP contribution in [0.5, 0.6) is 0 Å². The van der Waals surface area contributed by atoms with Crippen molar-refractivity contribution in [1.29, 1.82) is 0 Å². The highest BCUT2D eigenvalue weighted by Gasteiger charge is 2.50. The minimum absolute atomic E-state index is 0.376. The molecule has 4 saturated carbocycles. The SMILES string of the molecule is O[C@@H](COCCC12CC3CC(CC(C3)C1)C2)CN1CCN(Cc2ccc(Cl)cc2)CC1. The minimum atomic E-state index is -0.376. The van der Waals surface area contributed by atoms with Crippen LogP contribution in [0.2, 0.25) is 5.02 Å². The summed E-state index contributed by atoms with van der Waals surface area (Å²) in [6.45, 7) is 7.13. The number of ether oxygens (including phenoxy) is 1. The predicted molar refractivity (Wildman–Crippen MR) is 125 cm³/mol. The number of benzene rings is 1. The molecule has 0 unspecified atom stereocenters. The van der Waals surface area contributed by atoms with Crippen LogP contribution in [-0.4, -0.2) is 66.9 Å². The van der Waals surface area contributed by atoms with Crippen LogP contribution >= 0.6 is 11.6 Å². The summed E-state index contributed by atoms with van der Waals surface area (Å²) in [7, 11) is 0. The Morgan fingerprint density at radius 2 is 1.52 bits per heavy atom. The molecule has 1 atom stereocenters. The van der Waals surface area contributed by atoms with Gasteiger partial charge in [0, 0.05) is 50.9 Å². The number of hydrogen-bond acceptors (Lipinski definition) is 4. The van der Waals surface area contributed by atoms with E-state index in [-0.39, 0.29) is 6.10 Å². The third kappa shape index (κ3) is 5.65. The Hall–Kier alpha value is -0.650. The molecule has 5 aliphatic rings. The molecular formula is C26H39ClN2O2. The van der Waals surface area contributed by atoms with Gasteiger partial charge in [0.15, 0.2) is 0 Å². The zero-order valence-electron chi connectivity index (χ0n) is 18.9. The van der Waals surface area contributed by atoms with Crippen LogP contribution in [0, 0.1) is 23.2 Å². The van der Waals surface area contributed by atoms with Crippen molar-refractivity contribution in [2.75, 3.05) is 45.9 Å². The topological polar surface area (TPSA) is 35.9 Å². The van der Waals surface area contributed by atoms with Gasteiger partial charge < -0.3 is 9.84 Å². The number of rotatable bonds is 9. The molecule has 31 heavy (non-hydrogen) atoms. The van der Waals surface area contributed by atoms with Crippen LogP contribution in [0.1, 0.15) is 50.5 Å². The molecule has 4 aliphatic carbocycles. The van der Waals surface area contributed by atoms with Crippen molar-refractivity contribution in [3.63, 3.8) is 0 Å². The van der Waals surface area contributed by atoms with E-state index in [2.05, 4.69) is 21.9 Å². The third-order valence-electron chi connectivity index (χ3n) is 8.51. The van der Waals surface area contributed by atoms with Gasteiger partial charge in [-0.3, -0.25) is 9.80 Å². The lowest BCUT2D eigenvalue weighted by Crippen LogP contribution is -2.48. The first-order chi connectivity index (χ1) is 15.1. The first-order valence-electron chi connectivity index (χ1n) is 12.5. The normalized spacial score (nSPS) is 34.3. The molecular weight excluding hydrogens is 408 g/mol. The fourth-order valence-electron chi connectivity index (χ4n) is 7.43. The molecule has 1 aromatic carbocycles.